The van der Waals surface area contributed by atoms with E-state index in [1.807, 2.05) is 24.3 Å². The van der Waals surface area contributed by atoms with Gasteiger partial charge in [0.15, 0.2) is 0 Å². The van der Waals surface area contributed by atoms with Crippen LogP contribution in [-0.4, -0.2) is 6.04 Å². The number of halogens is 2. The number of nitrogens with one attached hydrogen (secondary N) is 1. The summed E-state index contributed by atoms with van der Waals surface area (Å²) in [5, 5.41) is 3.57. The van der Waals surface area contributed by atoms with Gasteiger partial charge in [-0.05, 0) is 61.1 Å². The molecule has 0 heterocycles. The molecule has 1 N–H and O–H groups in total. The van der Waals surface area contributed by atoms with Crippen molar-refractivity contribution in [1.29, 1.82) is 0 Å². The van der Waals surface area contributed by atoms with E-state index in [4.69, 9.17) is 0 Å². The van der Waals surface area contributed by atoms with Crippen molar-refractivity contribution in [3.05, 3.63) is 71.3 Å². The Balaban J connectivity index is 1.52. The molecule has 0 radical (unpaired) electrons. The van der Waals surface area contributed by atoms with Gasteiger partial charge < -0.3 is 5.32 Å². The summed E-state index contributed by atoms with van der Waals surface area (Å²) in [6, 6.07) is 14.1. The van der Waals surface area contributed by atoms with Gasteiger partial charge in [-0.15, -0.1) is 0 Å². The summed E-state index contributed by atoms with van der Waals surface area (Å²) in [7, 11) is 0. The molecule has 0 amide bonds. The van der Waals surface area contributed by atoms with Crippen LogP contribution in [0.15, 0.2) is 48.5 Å². The third-order valence-electron chi connectivity index (χ3n) is 4.34. The third-order valence-corrected chi connectivity index (χ3v) is 4.34. The van der Waals surface area contributed by atoms with Crippen molar-refractivity contribution in [2.75, 3.05) is 0 Å². The summed E-state index contributed by atoms with van der Waals surface area (Å²) in [6.07, 6.45) is 2.13. The number of hydrogen-bond donors (Lipinski definition) is 1. The van der Waals surface area contributed by atoms with Gasteiger partial charge in [-0.25, -0.2) is 8.78 Å². The normalized spacial score (nSPS) is 22.6. The van der Waals surface area contributed by atoms with Crippen molar-refractivity contribution in [3.8, 4) is 0 Å². The Kier molecular flexibility index (Phi) is 4.02. The molecule has 0 aliphatic heterocycles. The van der Waals surface area contributed by atoms with Gasteiger partial charge in [0.1, 0.15) is 11.6 Å². The topological polar surface area (TPSA) is 12.0 Å². The smallest absolute Gasteiger partial charge is 0.123 e. The van der Waals surface area contributed by atoms with E-state index < -0.39 is 0 Å². The van der Waals surface area contributed by atoms with Crippen LogP contribution in [0, 0.1) is 11.6 Å². The highest BCUT2D eigenvalue weighted by molar-refractivity contribution is 5.24. The van der Waals surface area contributed by atoms with Crippen molar-refractivity contribution < 1.29 is 8.78 Å². The molecule has 0 spiro atoms. The van der Waals surface area contributed by atoms with Crippen LogP contribution in [0.2, 0.25) is 0 Å². The van der Waals surface area contributed by atoms with Crippen molar-refractivity contribution in [2.45, 2.75) is 37.8 Å². The fraction of sp³-hybridized carbons (Fsp3) is 0.333. The molecule has 1 atom stereocenters. The average molecular weight is 287 g/mol. The van der Waals surface area contributed by atoms with Crippen molar-refractivity contribution in [3.63, 3.8) is 0 Å². The largest absolute Gasteiger partial charge is 0.307 e. The molecule has 3 rings (SSSR count). The quantitative estimate of drug-likeness (QED) is 0.869. The molecule has 0 aromatic heterocycles. The minimum absolute atomic E-state index is 0.183. The molecule has 1 aliphatic rings. The monoisotopic (exact) mass is 287 g/mol. The van der Waals surface area contributed by atoms with Gasteiger partial charge in [0.2, 0.25) is 0 Å². The zero-order valence-corrected chi connectivity index (χ0v) is 12.0. The highest BCUT2D eigenvalue weighted by Crippen LogP contribution is 2.37. The Labute approximate surface area is 124 Å². The second-order valence-electron chi connectivity index (χ2n) is 5.86. The Morgan fingerprint density at radius 3 is 2.00 bits per heavy atom. The number of rotatable bonds is 4. The van der Waals surface area contributed by atoms with E-state index in [1.54, 1.807) is 0 Å². The second-order valence-corrected chi connectivity index (χ2v) is 5.86. The van der Waals surface area contributed by atoms with Gasteiger partial charge >= 0.3 is 0 Å². The Bertz CT molecular complexity index is 586. The highest BCUT2D eigenvalue weighted by atomic mass is 19.1. The highest BCUT2D eigenvalue weighted by Gasteiger charge is 2.31. The fourth-order valence-electron chi connectivity index (χ4n) is 2.96. The summed E-state index contributed by atoms with van der Waals surface area (Å²) in [5.74, 6) is 0.132. The van der Waals surface area contributed by atoms with Gasteiger partial charge in [-0.1, -0.05) is 24.3 Å². The van der Waals surface area contributed by atoms with Gasteiger partial charge in [-0.3, -0.25) is 0 Å². The molecule has 110 valence electrons. The molecule has 1 fully saturated rings. The predicted octanol–water partition coefficient (Wildman–Crippen LogP) is 4.56. The van der Waals surface area contributed by atoms with E-state index in [9.17, 15) is 8.78 Å². The van der Waals surface area contributed by atoms with E-state index in [0.29, 0.717) is 12.0 Å². The first-order valence-electron chi connectivity index (χ1n) is 7.39. The van der Waals surface area contributed by atoms with Crippen LogP contribution in [-0.2, 0) is 0 Å². The molecule has 0 bridgehead atoms. The van der Waals surface area contributed by atoms with E-state index in [2.05, 4.69) is 12.2 Å². The maximum Gasteiger partial charge on any atom is 0.123 e. The van der Waals surface area contributed by atoms with Crippen LogP contribution >= 0.6 is 0 Å². The van der Waals surface area contributed by atoms with Gasteiger partial charge in [0.25, 0.3) is 0 Å². The SMILES string of the molecule is CC(NC1CC(c2ccc(F)cc2)C1)c1ccc(F)cc1. The minimum atomic E-state index is -0.203. The lowest BCUT2D eigenvalue weighted by atomic mass is 9.75. The lowest BCUT2D eigenvalue weighted by Gasteiger charge is -2.38. The summed E-state index contributed by atoms with van der Waals surface area (Å²) >= 11 is 0. The van der Waals surface area contributed by atoms with Crippen LogP contribution in [0.5, 0.6) is 0 Å². The van der Waals surface area contributed by atoms with E-state index >= 15 is 0 Å². The van der Waals surface area contributed by atoms with Crippen LogP contribution in [0.4, 0.5) is 8.78 Å². The molecular weight excluding hydrogens is 268 g/mol. The van der Waals surface area contributed by atoms with Gasteiger partial charge in [0.05, 0.1) is 0 Å². The first kappa shape index (κ1) is 14.2. The molecular formula is C18H19F2N. The van der Waals surface area contributed by atoms with E-state index in [1.165, 1.54) is 29.8 Å². The lowest BCUT2D eigenvalue weighted by Crippen LogP contribution is -2.41. The van der Waals surface area contributed by atoms with Crippen molar-refractivity contribution >= 4 is 0 Å². The van der Waals surface area contributed by atoms with Gasteiger partial charge in [-0.2, -0.15) is 0 Å². The van der Waals surface area contributed by atoms with Crippen LogP contribution < -0.4 is 5.32 Å². The van der Waals surface area contributed by atoms with Crippen LogP contribution in [0.3, 0.4) is 0 Å². The summed E-state index contributed by atoms with van der Waals surface area (Å²) in [5.41, 5.74) is 2.31. The van der Waals surface area contributed by atoms with Crippen LogP contribution in [0.25, 0.3) is 0 Å². The average Bonchev–Trinajstić information content (AvgIpc) is 2.44. The minimum Gasteiger partial charge on any atom is -0.307 e. The molecule has 21 heavy (non-hydrogen) atoms. The summed E-state index contributed by atoms with van der Waals surface area (Å²) in [4.78, 5) is 0. The number of benzene rings is 2. The standard InChI is InChI=1S/C18H19F2N/c1-12(13-2-6-16(19)7-3-13)21-18-10-15(11-18)14-4-8-17(20)9-5-14/h2-9,12,15,18,21H,10-11H2,1H3. The molecule has 1 unspecified atom stereocenters. The zero-order valence-electron chi connectivity index (χ0n) is 12.0. The first-order chi connectivity index (χ1) is 10.1. The van der Waals surface area contributed by atoms with Crippen LogP contribution in [0.1, 0.15) is 42.9 Å². The lowest BCUT2D eigenvalue weighted by molar-refractivity contribution is 0.271. The molecule has 2 aromatic carbocycles. The Morgan fingerprint density at radius 2 is 1.43 bits per heavy atom. The fourth-order valence-corrected chi connectivity index (χ4v) is 2.96. The molecule has 2 aromatic rings. The molecule has 0 saturated heterocycles. The maximum absolute atomic E-state index is 12.9. The molecule has 1 nitrogen and oxygen atoms in total. The van der Waals surface area contributed by atoms with Crippen molar-refractivity contribution in [1.82, 2.24) is 5.32 Å². The van der Waals surface area contributed by atoms with Gasteiger partial charge in [0, 0.05) is 12.1 Å². The summed E-state index contributed by atoms with van der Waals surface area (Å²) < 4.78 is 25.8. The molecule has 1 saturated carbocycles. The predicted molar refractivity (Wildman–Crippen MR) is 80.1 cm³/mol. The summed E-state index contributed by atoms with van der Waals surface area (Å²) in [6.45, 7) is 2.10. The van der Waals surface area contributed by atoms with Crippen molar-refractivity contribution in [2.24, 2.45) is 0 Å². The third kappa shape index (κ3) is 3.30. The molecule has 1 aliphatic carbocycles. The first-order valence-corrected chi connectivity index (χ1v) is 7.39. The van der Waals surface area contributed by atoms with E-state index in [0.717, 1.165) is 18.4 Å². The molecule has 3 heteroatoms. The Morgan fingerprint density at radius 1 is 0.905 bits per heavy atom. The zero-order chi connectivity index (χ0) is 14.8. The van der Waals surface area contributed by atoms with E-state index in [-0.39, 0.29) is 17.7 Å². The maximum atomic E-state index is 12.9. The number of hydrogen-bond acceptors (Lipinski definition) is 1. The Hall–Kier alpha value is -1.74. The second kappa shape index (κ2) is 5.94.